The maximum absolute atomic E-state index is 14.4. The molecular formula is C27H26F3NO4. The van der Waals surface area contributed by atoms with Gasteiger partial charge in [-0.15, -0.1) is 0 Å². The molecule has 8 heteroatoms. The number of rotatable bonds is 7. The van der Waals surface area contributed by atoms with E-state index in [0.717, 1.165) is 11.1 Å². The number of ether oxygens (including phenoxy) is 1. The Morgan fingerprint density at radius 2 is 1.77 bits per heavy atom. The molecular weight excluding hydrogens is 459 g/mol. The molecule has 4 aromatic rings. The van der Waals surface area contributed by atoms with Crippen LogP contribution in [0, 0.1) is 0 Å². The van der Waals surface area contributed by atoms with Crippen molar-refractivity contribution in [3.8, 4) is 16.9 Å². The van der Waals surface area contributed by atoms with Crippen molar-refractivity contribution in [3.05, 3.63) is 89.1 Å². The van der Waals surface area contributed by atoms with Crippen LogP contribution >= 0.6 is 0 Å². The minimum absolute atomic E-state index is 0.285. The minimum atomic E-state index is -4.94. The summed E-state index contributed by atoms with van der Waals surface area (Å²) in [6.07, 6.45) is -1.23. The average molecular weight is 486 g/mol. The number of hydrogen-bond acceptors (Lipinski definition) is 4. The Labute approximate surface area is 200 Å². The highest BCUT2D eigenvalue weighted by molar-refractivity contribution is 5.78. The highest BCUT2D eigenvalue weighted by Gasteiger charge is 2.56. The molecule has 0 fully saturated rings. The molecule has 0 saturated heterocycles. The SMILES string of the molecule is COc1ccc(-c2ccoc2)cc1C(C)(C)CC(O)(Cn1ccc(=O)c2ccccc21)C(F)(F)F. The van der Waals surface area contributed by atoms with E-state index in [1.54, 1.807) is 68.6 Å². The fourth-order valence-corrected chi connectivity index (χ4v) is 4.60. The summed E-state index contributed by atoms with van der Waals surface area (Å²) in [6.45, 7) is 2.51. The number of benzene rings is 2. The Hall–Kier alpha value is -3.52. The minimum Gasteiger partial charge on any atom is -0.496 e. The third-order valence-electron chi connectivity index (χ3n) is 6.36. The number of hydrogen-bond donors (Lipinski definition) is 1. The molecule has 184 valence electrons. The van der Waals surface area contributed by atoms with E-state index in [-0.39, 0.29) is 10.8 Å². The number of aromatic nitrogens is 1. The smallest absolute Gasteiger partial charge is 0.418 e. The Morgan fingerprint density at radius 3 is 2.43 bits per heavy atom. The van der Waals surface area contributed by atoms with Crippen molar-refractivity contribution in [2.45, 2.75) is 44.0 Å². The monoisotopic (exact) mass is 485 g/mol. The first kappa shape index (κ1) is 24.6. The summed E-state index contributed by atoms with van der Waals surface area (Å²) in [5.74, 6) is 0.417. The number of halogens is 3. The van der Waals surface area contributed by atoms with Crippen molar-refractivity contribution in [1.82, 2.24) is 4.57 Å². The standard InChI is InChI=1S/C27H26F3NO4/c1-25(2,21-14-18(8-9-24(21)34-3)19-11-13-35-15-19)16-26(33,27(28,29)30)17-31-12-10-23(32)20-6-4-5-7-22(20)31/h4-15,33H,16-17H2,1-3H3. The van der Waals surface area contributed by atoms with Crippen molar-refractivity contribution >= 4 is 10.9 Å². The number of methoxy groups -OCH3 is 1. The average Bonchev–Trinajstić information content (AvgIpc) is 3.35. The Morgan fingerprint density at radius 1 is 1.03 bits per heavy atom. The highest BCUT2D eigenvalue weighted by atomic mass is 19.4. The van der Waals surface area contributed by atoms with Crippen LogP contribution in [0.1, 0.15) is 25.8 Å². The number of nitrogens with zero attached hydrogens (tertiary/aromatic N) is 1. The normalized spacial score (nSPS) is 14.1. The second kappa shape index (κ2) is 8.92. The number of aliphatic hydroxyl groups is 1. The van der Waals surface area contributed by atoms with Crippen LogP contribution in [0.25, 0.3) is 22.0 Å². The van der Waals surface area contributed by atoms with Gasteiger partial charge in [-0.05, 0) is 47.7 Å². The molecule has 35 heavy (non-hydrogen) atoms. The van der Waals surface area contributed by atoms with Gasteiger partial charge in [-0.25, -0.2) is 0 Å². The molecule has 2 heterocycles. The Kier molecular flexibility index (Phi) is 6.27. The number of alkyl halides is 3. The molecule has 0 aliphatic rings. The molecule has 0 amide bonds. The van der Waals surface area contributed by atoms with Crippen LogP contribution in [0.4, 0.5) is 13.2 Å². The molecule has 0 aliphatic heterocycles. The summed E-state index contributed by atoms with van der Waals surface area (Å²) in [5.41, 5.74) is -2.17. The number of pyridine rings is 1. The maximum atomic E-state index is 14.4. The van der Waals surface area contributed by atoms with E-state index in [1.165, 1.54) is 30.2 Å². The summed E-state index contributed by atoms with van der Waals surface area (Å²) < 4.78 is 55.2. The first-order valence-corrected chi connectivity index (χ1v) is 11.0. The maximum Gasteiger partial charge on any atom is 0.418 e. The van der Waals surface area contributed by atoms with Gasteiger partial charge in [-0.3, -0.25) is 4.79 Å². The van der Waals surface area contributed by atoms with Gasteiger partial charge in [0, 0.05) is 28.8 Å². The molecule has 0 saturated carbocycles. The van der Waals surface area contributed by atoms with E-state index in [2.05, 4.69) is 0 Å². The molecule has 4 rings (SSSR count). The second-order valence-electron chi connectivity index (χ2n) is 9.34. The van der Waals surface area contributed by atoms with Gasteiger partial charge >= 0.3 is 6.18 Å². The molecule has 0 radical (unpaired) electrons. The van der Waals surface area contributed by atoms with E-state index in [0.29, 0.717) is 16.8 Å². The fraction of sp³-hybridized carbons (Fsp3) is 0.296. The van der Waals surface area contributed by atoms with Gasteiger partial charge in [0.25, 0.3) is 0 Å². The van der Waals surface area contributed by atoms with Crippen molar-refractivity contribution in [3.63, 3.8) is 0 Å². The van der Waals surface area contributed by atoms with Gasteiger partial charge < -0.3 is 18.8 Å². The van der Waals surface area contributed by atoms with Crippen LogP contribution in [0.2, 0.25) is 0 Å². The van der Waals surface area contributed by atoms with E-state index in [1.807, 2.05) is 0 Å². The van der Waals surface area contributed by atoms with Gasteiger partial charge in [0.2, 0.25) is 0 Å². The fourth-order valence-electron chi connectivity index (χ4n) is 4.60. The van der Waals surface area contributed by atoms with Gasteiger partial charge in [-0.1, -0.05) is 32.0 Å². The highest BCUT2D eigenvalue weighted by Crippen LogP contribution is 2.45. The molecule has 2 aromatic carbocycles. The molecule has 1 atom stereocenters. The summed E-state index contributed by atoms with van der Waals surface area (Å²) in [5, 5.41) is 11.4. The summed E-state index contributed by atoms with van der Waals surface area (Å²) >= 11 is 0. The number of para-hydroxylation sites is 1. The lowest BCUT2D eigenvalue weighted by molar-refractivity contribution is -0.271. The van der Waals surface area contributed by atoms with Crippen LogP contribution in [-0.4, -0.2) is 28.6 Å². The largest absolute Gasteiger partial charge is 0.496 e. The summed E-state index contributed by atoms with van der Waals surface area (Å²) in [4.78, 5) is 12.2. The third-order valence-corrected chi connectivity index (χ3v) is 6.36. The topological polar surface area (TPSA) is 64.6 Å². The van der Waals surface area contributed by atoms with Crippen LogP contribution in [0.5, 0.6) is 5.75 Å². The molecule has 5 nitrogen and oxygen atoms in total. The van der Waals surface area contributed by atoms with Gasteiger partial charge in [0.15, 0.2) is 11.0 Å². The van der Waals surface area contributed by atoms with E-state index < -0.39 is 30.2 Å². The molecule has 1 unspecified atom stereocenters. The van der Waals surface area contributed by atoms with Crippen LogP contribution in [0.15, 0.2) is 82.5 Å². The predicted octanol–water partition coefficient (Wildman–Crippen LogP) is 5.93. The lowest BCUT2D eigenvalue weighted by Gasteiger charge is -2.39. The van der Waals surface area contributed by atoms with Gasteiger partial charge in [-0.2, -0.15) is 13.2 Å². The van der Waals surface area contributed by atoms with Gasteiger partial charge in [0.05, 0.1) is 31.7 Å². The van der Waals surface area contributed by atoms with Crippen LogP contribution in [0.3, 0.4) is 0 Å². The van der Waals surface area contributed by atoms with Crippen molar-refractivity contribution < 1.29 is 27.4 Å². The van der Waals surface area contributed by atoms with E-state index >= 15 is 0 Å². The zero-order chi connectivity index (χ0) is 25.4. The lowest BCUT2D eigenvalue weighted by atomic mass is 9.73. The third kappa shape index (κ3) is 4.71. The summed E-state index contributed by atoms with van der Waals surface area (Å²) in [7, 11) is 1.45. The molecule has 2 aromatic heterocycles. The Bertz CT molecular complexity index is 1390. The van der Waals surface area contributed by atoms with E-state index in [4.69, 9.17) is 9.15 Å². The lowest BCUT2D eigenvalue weighted by Crippen LogP contribution is -2.52. The molecule has 0 aliphatic carbocycles. The molecule has 0 spiro atoms. The van der Waals surface area contributed by atoms with Crippen molar-refractivity contribution in [1.29, 1.82) is 0 Å². The van der Waals surface area contributed by atoms with Crippen LogP contribution in [-0.2, 0) is 12.0 Å². The Balaban J connectivity index is 1.77. The first-order chi connectivity index (χ1) is 16.4. The second-order valence-corrected chi connectivity index (χ2v) is 9.34. The summed E-state index contributed by atoms with van der Waals surface area (Å²) in [6, 6.07) is 14.6. The van der Waals surface area contributed by atoms with Crippen LogP contribution < -0.4 is 10.2 Å². The molecule has 1 N–H and O–H groups in total. The van der Waals surface area contributed by atoms with Gasteiger partial charge in [0.1, 0.15) is 5.75 Å². The van der Waals surface area contributed by atoms with Crippen molar-refractivity contribution in [2.24, 2.45) is 0 Å². The van der Waals surface area contributed by atoms with Crippen molar-refractivity contribution in [2.75, 3.05) is 7.11 Å². The predicted molar refractivity (Wildman–Crippen MR) is 128 cm³/mol. The zero-order valence-corrected chi connectivity index (χ0v) is 19.6. The number of furan rings is 1. The first-order valence-electron chi connectivity index (χ1n) is 11.0. The quantitative estimate of drug-likeness (QED) is 0.352. The van der Waals surface area contributed by atoms with E-state index in [9.17, 15) is 23.1 Å². The molecule has 0 bridgehead atoms. The number of fused-ring (bicyclic) bond motifs is 1. The zero-order valence-electron chi connectivity index (χ0n) is 19.6.